The number of anilines is 1. The van der Waals surface area contributed by atoms with Crippen LogP contribution in [0.5, 0.6) is 0 Å². The van der Waals surface area contributed by atoms with Gasteiger partial charge in [0.25, 0.3) is 0 Å². The summed E-state index contributed by atoms with van der Waals surface area (Å²) in [6.07, 6.45) is 7.56. The van der Waals surface area contributed by atoms with Crippen LogP contribution in [0.15, 0.2) is 36.8 Å². The average molecular weight is 320 g/mol. The third-order valence-electron chi connectivity index (χ3n) is 4.97. The number of aromatic nitrogens is 3. The second-order valence-electron chi connectivity index (χ2n) is 6.95. The van der Waals surface area contributed by atoms with Crippen LogP contribution in [0, 0.1) is 0 Å². The summed E-state index contributed by atoms with van der Waals surface area (Å²) in [6, 6.07) is 8.82. The van der Waals surface area contributed by atoms with Crippen LogP contribution in [-0.2, 0) is 0 Å². The summed E-state index contributed by atoms with van der Waals surface area (Å²) in [5, 5.41) is 1.15. The molecule has 0 saturated carbocycles. The Morgan fingerprint density at radius 3 is 2.71 bits per heavy atom. The van der Waals surface area contributed by atoms with Crippen molar-refractivity contribution in [1.29, 1.82) is 0 Å². The lowest BCUT2D eigenvalue weighted by molar-refractivity contribution is 0.574. The number of hydrogen-bond donors (Lipinski definition) is 1. The molecule has 1 aromatic carbocycles. The van der Waals surface area contributed by atoms with Crippen molar-refractivity contribution in [1.82, 2.24) is 15.0 Å². The maximum absolute atomic E-state index is 4.64. The first-order chi connectivity index (χ1) is 11.7. The zero-order valence-electron chi connectivity index (χ0n) is 14.4. The van der Waals surface area contributed by atoms with Crippen molar-refractivity contribution in [2.24, 2.45) is 0 Å². The first kappa shape index (κ1) is 15.2. The summed E-state index contributed by atoms with van der Waals surface area (Å²) in [5.41, 5.74) is 4.72. The molecule has 4 heteroatoms. The van der Waals surface area contributed by atoms with E-state index in [1.54, 1.807) is 6.33 Å². The van der Waals surface area contributed by atoms with E-state index in [1.165, 1.54) is 36.0 Å². The summed E-state index contributed by atoms with van der Waals surface area (Å²) in [4.78, 5) is 14.8. The van der Waals surface area contributed by atoms with Crippen LogP contribution in [0.3, 0.4) is 0 Å². The van der Waals surface area contributed by atoms with Crippen molar-refractivity contribution in [3.8, 4) is 11.1 Å². The standard InChI is InChI=1S/C20H24N4/c1-14(2)15-7-6-8-16(11-15)17-12-21-19-18(17)20(23-13-22-19)24-9-4-3-5-10-24/h6-8,11-14H,3-5,9-10H2,1-2H3,(H,21,22,23). The van der Waals surface area contributed by atoms with Gasteiger partial charge in [-0.25, -0.2) is 9.97 Å². The van der Waals surface area contributed by atoms with Crippen molar-refractivity contribution >= 4 is 16.9 Å². The molecule has 4 rings (SSSR count). The predicted molar refractivity (Wildman–Crippen MR) is 99.5 cm³/mol. The summed E-state index contributed by atoms with van der Waals surface area (Å²) in [6.45, 7) is 6.64. The normalized spacial score (nSPS) is 15.4. The van der Waals surface area contributed by atoms with Gasteiger partial charge in [0.15, 0.2) is 0 Å². The lowest BCUT2D eigenvalue weighted by Gasteiger charge is -2.28. The van der Waals surface area contributed by atoms with Gasteiger partial charge in [0.2, 0.25) is 0 Å². The molecule has 0 aliphatic carbocycles. The number of nitrogens with zero attached hydrogens (tertiary/aromatic N) is 3. The topological polar surface area (TPSA) is 44.8 Å². The van der Waals surface area contributed by atoms with Crippen molar-refractivity contribution in [3.05, 3.63) is 42.4 Å². The fourth-order valence-electron chi connectivity index (χ4n) is 3.58. The van der Waals surface area contributed by atoms with Gasteiger partial charge in [-0.15, -0.1) is 0 Å². The predicted octanol–water partition coefficient (Wildman–Crippen LogP) is 4.74. The Morgan fingerprint density at radius 1 is 1.08 bits per heavy atom. The minimum absolute atomic E-state index is 0.521. The van der Waals surface area contributed by atoms with Crippen molar-refractivity contribution in [3.63, 3.8) is 0 Å². The van der Waals surface area contributed by atoms with Gasteiger partial charge in [-0.3, -0.25) is 0 Å². The molecule has 2 aromatic heterocycles. The third kappa shape index (κ3) is 2.66. The molecule has 1 aliphatic heterocycles. The highest BCUT2D eigenvalue weighted by atomic mass is 15.2. The minimum atomic E-state index is 0.521. The van der Waals surface area contributed by atoms with Crippen LogP contribution >= 0.6 is 0 Å². The fourth-order valence-corrected chi connectivity index (χ4v) is 3.58. The molecule has 0 spiro atoms. The molecular formula is C20H24N4. The second-order valence-corrected chi connectivity index (χ2v) is 6.95. The van der Waals surface area contributed by atoms with Crippen molar-refractivity contribution in [2.75, 3.05) is 18.0 Å². The Labute approximate surface area is 142 Å². The average Bonchev–Trinajstić information content (AvgIpc) is 3.07. The van der Waals surface area contributed by atoms with E-state index in [4.69, 9.17) is 0 Å². The monoisotopic (exact) mass is 320 g/mol. The van der Waals surface area contributed by atoms with Gasteiger partial charge in [-0.2, -0.15) is 0 Å². The van der Waals surface area contributed by atoms with Gasteiger partial charge in [-0.05, 0) is 36.3 Å². The van der Waals surface area contributed by atoms with Crippen LogP contribution in [0.25, 0.3) is 22.2 Å². The maximum atomic E-state index is 4.64. The van der Waals surface area contributed by atoms with Crippen LogP contribution in [0.4, 0.5) is 5.82 Å². The number of piperidine rings is 1. The number of nitrogens with one attached hydrogen (secondary N) is 1. The van der Waals surface area contributed by atoms with Crippen LogP contribution < -0.4 is 4.90 Å². The van der Waals surface area contributed by atoms with Crippen LogP contribution in [-0.4, -0.2) is 28.0 Å². The Balaban J connectivity index is 1.86. The smallest absolute Gasteiger partial charge is 0.143 e. The molecule has 1 N–H and O–H groups in total. The molecular weight excluding hydrogens is 296 g/mol. The number of fused-ring (bicyclic) bond motifs is 1. The van der Waals surface area contributed by atoms with E-state index in [9.17, 15) is 0 Å². The lowest BCUT2D eigenvalue weighted by atomic mass is 9.97. The minimum Gasteiger partial charge on any atom is -0.356 e. The van der Waals surface area contributed by atoms with Crippen LogP contribution in [0.2, 0.25) is 0 Å². The highest BCUT2D eigenvalue weighted by Crippen LogP contribution is 2.35. The molecule has 3 heterocycles. The van der Waals surface area contributed by atoms with E-state index < -0.39 is 0 Å². The highest BCUT2D eigenvalue weighted by Gasteiger charge is 2.19. The molecule has 0 radical (unpaired) electrons. The Hall–Kier alpha value is -2.36. The molecule has 124 valence electrons. The molecule has 0 amide bonds. The van der Waals surface area contributed by atoms with E-state index in [0.29, 0.717) is 5.92 Å². The molecule has 1 aliphatic rings. The van der Waals surface area contributed by atoms with Gasteiger partial charge in [0, 0.05) is 24.8 Å². The van der Waals surface area contributed by atoms with Gasteiger partial charge in [0.1, 0.15) is 17.8 Å². The Bertz CT molecular complexity index is 844. The first-order valence-corrected chi connectivity index (χ1v) is 8.91. The quantitative estimate of drug-likeness (QED) is 0.758. The largest absolute Gasteiger partial charge is 0.356 e. The van der Waals surface area contributed by atoms with Crippen molar-refractivity contribution in [2.45, 2.75) is 39.0 Å². The van der Waals surface area contributed by atoms with Gasteiger partial charge in [-0.1, -0.05) is 38.1 Å². The molecule has 3 aromatic rings. The van der Waals surface area contributed by atoms with Gasteiger partial charge >= 0.3 is 0 Å². The maximum Gasteiger partial charge on any atom is 0.143 e. The third-order valence-corrected chi connectivity index (χ3v) is 4.97. The molecule has 1 fully saturated rings. The SMILES string of the molecule is CC(C)c1cccc(-c2c[nH]c3ncnc(N4CCCCC4)c23)c1. The summed E-state index contributed by atoms with van der Waals surface area (Å²) >= 11 is 0. The molecule has 0 bridgehead atoms. The molecule has 1 saturated heterocycles. The first-order valence-electron chi connectivity index (χ1n) is 8.91. The van der Waals surface area contributed by atoms with Crippen molar-refractivity contribution < 1.29 is 0 Å². The highest BCUT2D eigenvalue weighted by molar-refractivity contribution is 6.01. The number of rotatable bonds is 3. The molecule has 0 unspecified atom stereocenters. The molecule has 0 atom stereocenters. The van der Waals surface area contributed by atoms with E-state index in [2.05, 4.69) is 64.2 Å². The van der Waals surface area contributed by atoms with E-state index in [1.807, 2.05) is 0 Å². The van der Waals surface area contributed by atoms with Gasteiger partial charge in [0.05, 0.1) is 5.39 Å². The zero-order valence-corrected chi connectivity index (χ0v) is 14.4. The second kappa shape index (κ2) is 6.27. The van der Waals surface area contributed by atoms with Gasteiger partial charge < -0.3 is 9.88 Å². The van der Waals surface area contributed by atoms with E-state index >= 15 is 0 Å². The number of hydrogen-bond acceptors (Lipinski definition) is 3. The number of aromatic amines is 1. The Kier molecular flexibility index (Phi) is 3.97. The summed E-state index contributed by atoms with van der Waals surface area (Å²) in [5.74, 6) is 1.60. The van der Waals surface area contributed by atoms with E-state index in [0.717, 1.165) is 29.9 Å². The fraction of sp³-hybridized carbons (Fsp3) is 0.400. The van der Waals surface area contributed by atoms with E-state index in [-0.39, 0.29) is 0 Å². The molecule has 24 heavy (non-hydrogen) atoms. The number of benzene rings is 1. The van der Waals surface area contributed by atoms with Crippen LogP contribution in [0.1, 0.15) is 44.6 Å². The molecule has 4 nitrogen and oxygen atoms in total. The lowest BCUT2D eigenvalue weighted by Crippen LogP contribution is -2.30. The summed E-state index contributed by atoms with van der Waals surface area (Å²) < 4.78 is 0. The number of H-pyrrole nitrogens is 1. The summed E-state index contributed by atoms with van der Waals surface area (Å²) in [7, 11) is 0. The Morgan fingerprint density at radius 2 is 1.92 bits per heavy atom. The zero-order chi connectivity index (χ0) is 16.5.